The summed E-state index contributed by atoms with van der Waals surface area (Å²) in [5.74, 6) is 0. The molecule has 0 saturated heterocycles. The van der Waals surface area contributed by atoms with Crippen LogP contribution >= 0.6 is 0 Å². The summed E-state index contributed by atoms with van der Waals surface area (Å²) in [5.41, 5.74) is 2.16. The number of carbonyl (C=O) groups excluding carboxylic acids is 1. The maximum Gasteiger partial charge on any atom is 0.154 e. The Kier molecular flexibility index (Phi) is 7.48. The lowest BCUT2D eigenvalue weighted by Gasteiger charge is -2.18. The van der Waals surface area contributed by atoms with Crippen LogP contribution in [0.4, 0.5) is 0 Å². The molecular formula is C15H24O3. The van der Waals surface area contributed by atoms with Gasteiger partial charge in [0.1, 0.15) is 6.29 Å². The fourth-order valence-electron chi connectivity index (χ4n) is 1.16. The first-order chi connectivity index (χ1) is 8.35. The summed E-state index contributed by atoms with van der Waals surface area (Å²) >= 11 is 0. The largest absolute Gasteiger partial charge is 0.356 e. The molecule has 1 aromatic rings. The SMILES string of the molecule is CC(C)(C)c1ccc(C=O)cc1.COC(C)OC. The van der Waals surface area contributed by atoms with Gasteiger partial charge in [-0.25, -0.2) is 0 Å². The van der Waals surface area contributed by atoms with Crippen molar-refractivity contribution in [3.8, 4) is 0 Å². The van der Waals surface area contributed by atoms with Crippen LogP contribution in [0.15, 0.2) is 24.3 Å². The lowest BCUT2D eigenvalue weighted by atomic mass is 9.87. The number of benzene rings is 1. The van der Waals surface area contributed by atoms with Gasteiger partial charge in [-0.15, -0.1) is 0 Å². The minimum atomic E-state index is -0.0648. The first-order valence-electron chi connectivity index (χ1n) is 5.96. The number of hydrogen-bond acceptors (Lipinski definition) is 3. The van der Waals surface area contributed by atoms with Crippen molar-refractivity contribution in [1.29, 1.82) is 0 Å². The molecule has 0 amide bonds. The first kappa shape index (κ1) is 16.8. The van der Waals surface area contributed by atoms with Crippen LogP contribution in [0.5, 0.6) is 0 Å². The molecule has 0 aliphatic carbocycles. The molecule has 1 rings (SSSR count). The van der Waals surface area contributed by atoms with Crippen molar-refractivity contribution in [1.82, 2.24) is 0 Å². The fourth-order valence-corrected chi connectivity index (χ4v) is 1.16. The highest BCUT2D eigenvalue weighted by Crippen LogP contribution is 2.21. The van der Waals surface area contributed by atoms with Crippen molar-refractivity contribution in [3.63, 3.8) is 0 Å². The molecular weight excluding hydrogens is 228 g/mol. The Balaban J connectivity index is 0.000000411. The molecule has 1 aromatic carbocycles. The van der Waals surface area contributed by atoms with Gasteiger partial charge < -0.3 is 9.47 Å². The monoisotopic (exact) mass is 252 g/mol. The number of methoxy groups -OCH3 is 2. The highest BCUT2D eigenvalue weighted by Gasteiger charge is 2.12. The van der Waals surface area contributed by atoms with E-state index < -0.39 is 0 Å². The molecule has 102 valence electrons. The molecule has 0 aliphatic heterocycles. The Morgan fingerprint density at radius 2 is 1.50 bits per heavy atom. The van der Waals surface area contributed by atoms with Crippen molar-refractivity contribution >= 4 is 6.29 Å². The van der Waals surface area contributed by atoms with Crippen molar-refractivity contribution in [3.05, 3.63) is 35.4 Å². The third-order valence-corrected chi connectivity index (χ3v) is 2.58. The van der Waals surface area contributed by atoms with E-state index in [4.69, 9.17) is 0 Å². The maximum atomic E-state index is 10.4. The molecule has 3 heteroatoms. The van der Waals surface area contributed by atoms with Crippen LogP contribution in [0.25, 0.3) is 0 Å². The lowest BCUT2D eigenvalue weighted by Crippen LogP contribution is -2.10. The normalized spacial score (nSPS) is 10.8. The summed E-state index contributed by atoms with van der Waals surface area (Å²) in [6.45, 7) is 8.30. The van der Waals surface area contributed by atoms with Crippen LogP contribution < -0.4 is 0 Å². The van der Waals surface area contributed by atoms with E-state index in [1.54, 1.807) is 14.2 Å². The van der Waals surface area contributed by atoms with Gasteiger partial charge in [0.25, 0.3) is 0 Å². The number of hydrogen-bond donors (Lipinski definition) is 0. The smallest absolute Gasteiger partial charge is 0.154 e. The lowest BCUT2D eigenvalue weighted by molar-refractivity contribution is -0.0877. The summed E-state index contributed by atoms with van der Waals surface area (Å²) in [5, 5.41) is 0. The molecule has 0 saturated carbocycles. The van der Waals surface area contributed by atoms with Gasteiger partial charge in [0.2, 0.25) is 0 Å². The maximum absolute atomic E-state index is 10.4. The summed E-state index contributed by atoms with van der Waals surface area (Å²) in [7, 11) is 3.21. The van der Waals surface area contributed by atoms with Gasteiger partial charge in [0.15, 0.2) is 6.29 Å². The summed E-state index contributed by atoms with van der Waals surface area (Å²) < 4.78 is 9.35. The van der Waals surface area contributed by atoms with Gasteiger partial charge >= 0.3 is 0 Å². The van der Waals surface area contributed by atoms with E-state index in [0.29, 0.717) is 0 Å². The molecule has 0 unspecified atom stereocenters. The minimum absolute atomic E-state index is 0.0648. The Labute approximate surface area is 110 Å². The highest BCUT2D eigenvalue weighted by molar-refractivity contribution is 5.74. The highest BCUT2D eigenvalue weighted by atomic mass is 16.7. The molecule has 0 atom stereocenters. The summed E-state index contributed by atoms with van der Waals surface area (Å²) in [6, 6.07) is 7.72. The molecule has 0 N–H and O–H groups in total. The molecule has 0 spiro atoms. The average molecular weight is 252 g/mol. The molecule has 0 aromatic heterocycles. The molecule has 0 bridgehead atoms. The van der Waals surface area contributed by atoms with Gasteiger partial charge in [-0.1, -0.05) is 45.0 Å². The molecule has 0 heterocycles. The van der Waals surface area contributed by atoms with Gasteiger partial charge in [-0.2, -0.15) is 0 Å². The predicted molar refractivity (Wildman–Crippen MR) is 74.0 cm³/mol. The fraction of sp³-hybridized carbons (Fsp3) is 0.533. The topological polar surface area (TPSA) is 35.5 Å². The summed E-state index contributed by atoms with van der Waals surface area (Å²) in [6.07, 6.45) is 0.803. The van der Waals surface area contributed by atoms with E-state index in [-0.39, 0.29) is 11.7 Å². The van der Waals surface area contributed by atoms with E-state index in [0.717, 1.165) is 11.8 Å². The second-order valence-electron chi connectivity index (χ2n) is 5.03. The summed E-state index contributed by atoms with van der Waals surface area (Å²) in [4.78, 5) is 10.4. The number of ether oxygens (including phenoxy) is 2. The van der Waals surface area contributed by atoms with Crippen LogP contribution in [0, 0.1) is 0 Å². The number of rotatable bonds is 3. The third kappa shape index (κ3) is 6.52. The van der Waals surface area contributed by atoms with Crippen molar-refractivity contribution in [2.24, 2.45) is 0 Å². The average Bonchev–Trinajstić information content (AvgIpc) is 2.37. The standard InChI is InChI=1S/C11H14O.C4H10O2/c1-11(2,3)10-6-4-9(8-12)5-7-10;1-4(5-2)6-3/h4-8H,1-3H3;4H,1-3H3. The van der Waals surface area contributed by atoms with Gasteiger partial charge in [-0.05, 0) is 17.9 Å². The third-order valence-electron chi connectivity index (χ3n) is 2.58. The van der Waals surface area contributed by atoms with Crippen LogP contribution in [-0.4, -0.2) is 26.8 Å². The van der Waals surface area contributed by atoms with Crippen molar-refractivity contribution in [2.45, 2.75) is 39.4 Å². The van der Waals surface area contributed by atoms with Gasteiger partial charge in [-0.3, -0.25) is 4.79 Å². The Bertz CT molecular complexity index is 332. The second-order valence-corrected chi connectivity index (χ2v) is 5.03. The van der Waals surface area contributed by atoms with Gasteiger partial charge in [0.05, 0.1) is 0 Å². The second kappa shape index (κ2) is 8.01. The van der Waals surface area contributed by atoms with E-state index in [2.05, 4.69) is 30.2 Å². The molecule has 0 fully saturated rings. The zero-order chi connectivity index (χ0) is 14.2. The van der Waals surface area contributed by atoms with Crippen LogP contribution in [0.2, 0.25) is 0 Å². The van der Waals surface area contributed by atoms with E-state index in [1.165, 1.54) is 5.56 Å². The van der Waals surface area contributed by atoms with Gasteiger partial charge in [0, 0.05) is 19.8 Å². The molecule has 0 aliphatic rings. The van der Waals surface area contributed by atoms with Crippen LogP contribution in [-0.2, 0) is 14.9 Å². The Morgan fingerprint density at radius 1 is 1.06 bits per heavy atom. The number of carbonyl (C=O) groups is 1. The molecule has 0 radical (unpaired) electrons. The zero-order valence-electron chi connectivity index (χ0n) is 12.2. The zero-order valence-corrected chi connectivity index (χ0v) is 12.2. The first-order valence-corrected chi connectivity index (χ1v) is 5.96. The van der Waals surface area contributed by atoms with Crippen LogP contribution in [0.1, 0.15) is 43.6 Å². The van der Waals surface area contributed by atoms with E-state index in [1.807, 2.05) is 31.2 Å². The number of aldehydes is 1. The Morgan fingerprint density at radius 3 is 1.72 bits per heavy atom. The molecule has 18 heavy (non-hydrogen) atoms. The minimum Gasteiger partial charge on any atom is -0.356 e. The van der Waals surface area contributed by atoms with Crippen LogP contribution in [0.3, 0.4) is 0 Å². The van der Waals surface area contributed by atoms with E-state index in [9.17, 15) is 4.79 Å². The molecule has 3 nitrogen and oxygen atoms in total. The Hall–Kier alpha value is -1.19. The van der Waals surface area contributed by atoms with Crippen molar-refractivity contribution in [2.75, 3.05) is 14.2 Å². The quantitative estimate of drug-likeness (QED) is 0.611. The van der Waals surface area contributed by atoms with E-state index >= 15 is 0 Å². The van der Waals surface area contributed by atoms with Crippen molar-refractivity contribution < 1.29 is 14.3 Å². The predicted octanol–water partition coefficient (Wildman–Crippen LogP) is 3.42.